The van der Waals surface area contributed by atoms with Crippen LogP contribution < -0.4 is 4.90 Å². The van der Waals surface area contributed by atoms with E-state index in [0.717, 1.165) is 36.1 Å². The fourth-order valence-electron chi connectivity index (χ4n) is 5.63. The van der Waals surface area contributed by atoms with Crippen LogP contribution in [0.4, 0.5) is 5.95 Å². The van der Waals surface area contributed by atoms with Crippen molar-refractivity contribution in [2.45, 2.75) is 58.0 Å². The predicted octanol–water partition coefficient (Wildman–Crippen LogP) is 7.76. The number of rotatable bonds is 11. The number of aryl methyl sites for hydroxylation is 2. The first-order valence-electron chi connectivity index (χ1n) is 14.9. The van der Waals surface area contributed by atoms with Gasteiger partial charge in [0.25, 0.3) is 5.91 Å². The molecule has 1 saturated heterocycles. The molecular formula is C35H36Cl2N4O3. The van der Waals surface area contributed by atoms with Crippen LogP contribution in [0.3, 0.4) is 0 Å². The summed E-state index contributed by atoms with van der Waals surface area (Å²) in [5.74, 6) is -0.520. The Morgan fingerprint density at radius 2 is 1.57 bits per heavy atom. The van der Waals surface area contributed by atoms with E-state index in [4.69, 9.17) is 28.2 Å². The third-order valence-corrected chi connectivity index (χ3v) is 8.55. The number of anilines is 1. The predicted molar refractivity (Wildman–Crippen MR) is 175 cm³/mol. The molecule has 4 aromatic rings. The molecule has 0 spiro atoms. The smallest absolute Gasteiger partial charge is 0.323 e. The number of aromatic nitrogens is 2. The highest BCUT2D eigenvalue weighted by Gasteiger charge is 2.30. The minimum atomic E-state index is -1.10. The molecule has 0 aliphatic carbocycles. The van der Waals surface area contributed by atoms with E-state index in [-0.39, 0.29) is 12.6 Å². The lowest BCUT2D eigenvalue weighted by Crippen LogP contribution is -2.36. The van der Waals surface area contributed by atoms with E-state index < -0.39 is 18.4 Å². The van der Waals surface area contributed by atoms with Crippen molar-refractivity contribution < 1.29 is 14.7 Å². The highest BCUT2D eigenvalue weighted by Crippen LogP contribution is 2.35. The maximum atomic E-state index is 14.0. The Labute approximate surface area is 268 Å². The molecule has 0 saturated carbocycles. The van der Waals surface area contributed by atoms with Crippen molar-refractivity contribution in [3.05, 3.63) is 123 Å². The lowest BCUT2D eigenvalue weighted by atomic mass is 9.99. The van der Waals surface area contributed by atoms with Gasteiger partial charge >= 0.3 is 5.97 Å². The van der Waals surface area contributed by atoms with Gasteiger partial charge in [-0.3, -0.25) is 9.59 Å². The van der Waals surface area contributed by atoms with Crippen LogP contribution in [0.5, 0.6) is 0 Å². The third kappa shape index (κ3) is 7.76. The van der Waals surface area contributed by atoms with Gasteiger partial charge in [-0.15, -0.1) is 0 Å². The first-order chi connectivity index (χ1) is 21.2. The maximum absolute atomic E-state index is 14.0. The molecule has 1 N–H and O–H groups in total. The maximum Gasteiger partial charge on any atom is 0.323 e. The second-order valence-corrected chi connectivity index (χ2v) is 12.4. The Kier molecular flexibility index (Phi) is 10.2. The van der Waals surface area contributed by atoms with Crippen molar-refractivity contribution in [3.63, 3.8) is 0 Å². The lowest BCUT2D eigenvalue weighted by molar-refractivity contribution is -0.137. The van der Waals surface area contributed by atoms with Gasteiger partial charge < -0.3 is 14.9 Å². The molecule has 9 heteroatoms. The summed E-state index contributed by atoms with van der Waals surface area (Å²) in [5.41, 5.74) is 5.22. The molecule has 1 amide bonds. The molecule has 0 radical (unpaired) electrons. The largest absolute Gasteiger partial charge is 0.480 e. The van der Waals surface area contributed by atoms with Gasteiger partial charge in [0.15, 0.2) is 0 Å². The summed E-state index contributed by atoms with van der Waals surface area (Å²) >= 11 is 12.2. The summed E-state index contributed by atoms with van der Waals surface area (Å²) in [5, 5.41) is 10.9. The highest BCUT2D eigenvalue weighted by atomic mass is 35.5. The van der Waals surface area contributed by atoms with Crippen molar-refractivity contribution in [2.24, 2.45) is 0 Å². The number of benzene rings is 3. The summed E-state index contributed by atoms with van der Waals surface area (Å²) < 4.78 is 0. The van der Waals surface area contributed by atoms with Gasteiger partial charge in [0, 0.05) is 29.3 Å². The molecule has 7 nitrogen and oxygen atoms in total. The molecule has 0 unspecified atom stereocenters. The fraction of sp³-hybridized carbons (Fsp3) is 0.314. The van der Waals surface area contributed by atoms with E-state index in [0.29, 0.717) is 46.0 Å². The number of hydrogen-bond donors (Lipinski definition) is 1. The summed E-state index contributed by atoms with van der Waals surface area (Å²) in [6.07, 6.45) is 4.68. The minimum Gasteiger partial charge on any atom is -0.480 e. The topological polar surface area (TPSA) is 86.6 Å². The monoisotopic (exact) mass is 630 g/mol. The van der Waals surface area contributed by atoms with Crippen LogP contribution in [0.2, 0.25) is 10.0 Å². The van der Waals surface area contributed by atoms with Crippen LogP contribution in [0.1, 0.15) is 77.0 Å². The zero-order chi connectivity index (χ0) is 31.2. The second kappa shape index (κ2) is 14.2. The quantitative estimate of drug-likeness (QED) is 0.182. The van der Waals surface area contributed by atoms with Gasteiger partial charge in [-0.25, -0.2) is 9.97 Å². The molecule has 1 atom stereocenters. The molecule has 0 bridgehead atoms. The zero-order valence-corrected chi connectivity index (χ0v) is 26.4. The van der Waals surface area contributed by atoms with E-state index >= 15 is 0 Å². The molecule has 1 fully saturated rings. The summed E-state index contributed by atoms with van der Waals surface area (Å²) in [7, 11) is 0. The van der Waals surface area contributed by atoms with E-state index in [1.54, 1.807) is 30.5 Å². The second-order valence-electron chi connectivity index (χ2n) is 11.5. The first-order valence-corrected chi connectivity index (χ1v) is 15.7. The number of carboxylic acid groups (broad SMARTS) is 1. The Morgan fingerprint density at radius 1 is 0.932 bits per heavy atom. The van der Waals surface area contributed by atoms with E-state index in [1.807, 2.05) is 24.3 Å². The highest BCUT2D eigenvalue weighted by molar-refractivity contribution is 6.30. The fourth-order valence-corrected chi connectivity index (χ4v) is 5.88. The zero-order valence-electron chi connectivity index (χ0n) is 24.9. The standard InChI is InChI=1S/C35H36Cl2N4O3/c1-23(2)26-10-5-24(6-11-26)9-18-31-30(34(44)40(22-33(42)43)21-25-7-14-28(36)15-8-25)20-38-35(39-31)41-19-3-4-32(41)27-12-16-29(37)17-13-27/h5-8,10-17,20,23,32H,3-4,9,18-19,21-22H2,1-2H3,(H,42,43)/t32-/m1/s1. The average molecular weight is 632 g/mol. The molecule has 44 heavy (non-hydrogen) atoms. The molecule has 1 aromatic heterocycles. The van der Waals surface area contributed by atoms with Crippen molar-refractivity contribution in [2.75, 3.05) is 18.0 Å². The molecule has 228 valence electrons. The third-order valence-electron chi connectivity index (χ3n) is 8.05. The number of nitrogens with zero attached hydrogens (tertiary/aromatic N) is 4. The van der Waals surface area contributed by atoms with Crippen LogP contribution in [0.25, 0.3) is 0 Å². The van der Waals surface area contributed by atoms with Crippen LogP contribution in [0, 0.1) is 0 Å². The molecule has 1 aliphatic rings. The Hall–Kier alpha value is -3.94. The van der Waals surface area contributed by atoms with Crippen LogP contribution in [-0.4, -0.2) is 44.9 Å². The van der Waals surface area contributed by atoms with Gasteiger partial charge in [-0.05, 0) is 78.1 Å². The number of aliphatic carboxylic acids is 1. The minimum absolute atomic E-state index is 0.0960. The summed E-state index contributed by atoms with van der Waals surface area (Å²) in [6, 6.07) is 23.5. The Morgan fingerprint density at radius 3 is 2.20 bits per heavy atom. The lowest BCUT2D eigenvalue weighted by Gasteiger charge is -2.27. The van der Waals surface area contributed by atoms with E-state index in [1.165, 1.54) is 10.5 Å². The van der Waals surface area contributed by atoms with E-state index in [2.05, 4.69) is 48.0 Å². The molecule has 3 aromatic carbocycles. The number of carbonyl (C=O) groups is 2. The van der Waals surface area contributed by atoms with Gasteiger partial charge in [0.2, 0.25) is 5.95 Å². The van der Waals surface area contributed by atoms with Crippen molar-refractivity contribution in [1.29, 1.82) is 0 Å². The van der Waals surface area contributed by atoms with Crippen LogP contribution >= 0.6 is 23.2 Å². The molecular weight excluding hydrogens is 595 g/mol. The van der Waals surface area contributed by atoms with Crippen LogP contribution in [-0.2, 0) is 24.2 Å². The van der Waals surface area contributed by atoms with E-state index in [9.17, 15) is 14.7 Å². The van der Waals surface area contributed by atoms with Crippen molar-refractivity contribution in [1.82, 2.24) is 14.9 Å². The molecule has 2 heterocycles. The summed E-state index contributed by atoms with van der Waals surface area (Å²) in [4.78, 5) is 39.0. The van der Waals surface area contributed by atoms with Gasteiger partial charge in [0.1, 0.15) is 6.54 Å². The van der Waals surface area contributed by atoms with Crippen LogP contribution in [0.15, 0.2) is 79.0 Å². The average Bonchev–Trinajstić information content (AvgIpc) is 3.51. The van der Waals surface area contributed by atoms with Gasteiger partial charge in [-0.1, -0.05) is 85.6 Å². The number of hydrogen-bond acceptors (Lipinski definition) is 5. The summed E-state index contributed by atoms with van der Waals surface area (Å²) in [6.45, 7) is 4.78. The Bertz CT molecular complexity index is 1590. The SMILES string of the molecule is CC(C)c1ccc(CCc2nc(N3CCC[C@@H]3c3ccc(Cl)cc3)ncc2C(=O)N(CC(=O)O)Cc2ccc(Cl)cc2)cc1. The molecule has 1 aliphatic heterocycles. The Balaban J connectivity index is 1.47. The molecule has 5 rings (SSSR count). The van der Waals surface area contributed by atoms with Gasteiger partial charge in [0.05, 0.1) is 17.3 Å². The number of carbonyl (C=O) groups excluding carboxylic acids is 1. The van der Waals surface area contributed by atoms with Gasteiger partial charge in [-0.2, -0.15) is 0 Å². The van der Waals surface area contributed by atoms with Crippen molar-refractivity contribution in [3.8, 4) is 0 Å². The number of amides is 1. The number of carboxylic acids is 1. The normalized spacial score (nSPS) is 14.7. The first kappa shape index (κ1) is 31.5. The van der Waals surface area contributed by atoms with Crippen molar-refractivity contribution >= 4 is 41.0 Å². The number of halogens is 2.